The van der Waals surface area contributed by atoms with Crippen molar-refractivity contribution >= 4 is 33.0 Å². The topological polar surface area (TPSA) is 29.9 Å². The standard InChI is InChI=1S/C36H41N2O/c1-22-12-15-26-27-20-24-13-16-28-31(36(4,5)19-18-35(28,2)3)32(24)37-34(27)39-33(26)30(22)29-17-14-25(21-38(29)6)23-10-8-7-9-11-23/h12-17,20-21,23H,7-11,18-19H2,1-6H3/q+1. The molecule has 1 fully saturated rings. The lowest BCUT2D eigenvalue weighted by atomic mass is 9.62. The quantitative estimate of drug-likeness (QED) is 0.218. The van der Waals surface area contributed by atoms with E-state index in [1.807, 2.05) is 0 Å². The maximum atomic E-state index is 6.72. The molecule has 0 N–H and O–H groups in total. The van der Waals surface area contributed by atoms with Crippen LogP contribution in [0.1, 0.15) is 101 Å². The van der Waals surface area contributed by atoms with Gasteiger partial charge in [0.1, 0.15) is 7.05 Å². The van der Waals surface area contributed by atoms with Gasteiger partial charge in [-0.1, -0.05) is 71.2 Å². The molecular weight excluding hydrogens is 476 g/mol. The number of hydrogen-bond donors (Lipinski definition) is 0. The molecule has 0 bridgehead atoms. The number of nitrogens with zero attached hydrogens (tertiary/aromatic N) is 2. The van der Waals surface area contributed by atoms with Crippen LogP contribution in [0.3, 0.4) is 0 Å². The van der Waals surface area contributed by atoms with E-state index in [1.54, 1.807) is 0 Å². The van der Waals surface area contributed by atoms with Gasteiger partial charge in [-0.15, -0.1) is 0 Å². The van der Waals surface area contributed by atoms with Gasteiger partial charge < -0.3 is 4.42 Å². The summed E-state index contributed by atoms with van der Waals surface area (Å²) in [5.41, 5.74) is 11.0. The second kappa shape index (κ2) is 8.65. The van der Waals surface area contributed by atoms with Crippen molar-refractivity contribution in [1.82, 2.24) is 4.98 Å². The molecule has 0 radical (unpaired) electrons. The molecule has 3 heterocycles. The summed E-state index contributed by atoms with van der Waals surface area (Å²) >= 11 is 0. The molecule has 1 saturated carbocycles. The van der Waals surface area contributed by atoms with E-state index in [0.29, 0.717) is 5.92 Å². The van der Waals surface area contributed by atoms with E-state index in [1.165, 1.54) is 83.8 Å². The molecule has 7 rings (SSSR count). The van der Waals surface area contributed by atoms with Crippen molar-refractivity contribution in [3.8, 4) is 11.3 Å². The number of hydrogen-bond acceptors (Lipinski definition) is 2. The predicted molar refractivity (Wildman–Crippen MR) is 161 cm³/mol. The third-order valence-corrected chi connectivity index (χ3v) is 10.1. The normalized spacial score (nSPS) is 19.1. The van der Waals surface area contributed by atoms with Crippen LogP contribution in [0.25, 0.3) is 44.2 Å². The summed E-state index contributed by atoms with van der Waals surface area (Å²) in [6, 6.07) is 16.1. The minimum Gasteiger partial charge on any atom is -0.437 e. The predicted octanol–water partition coefficient (Wildman–Crippen LogP) is 9.33. The van der Waals surface area contributed by atoms with Crippen LogP contribution in [-0.4, -0.2) is 4.98 Å². The summed E-state index contributed by atoms with van der Waals surface area (Å²) in [5.74, 6) is 0.693. The first kappa shape index (κ1) is 24.8. The van der Waals surface area contributed by atoms with Gasteiger partial charge in [0.15, 0.2) is 11.8 Å². The van der Waals surface area contributed by atoms with Crippen molar-refractivity contribution in [3.63, 3.8) is 0 Å². The highest BCUT2D eigenvalue weighted by Gasteiger charge is 2.39. The molecule has 0 amide bonds. The molecule has 0 spiro atoms. The van der Waals surface area contributed by atoms with Crippen LogP contribution in [0.2, 0.25) is 0 Å². The summed E-state index contributed by atoms with van der Waals surface area (Å²) in [7, 11) is 2.19. The molecular formula is C36H41N2O+. The largest absolute Gasteiger partial charge is 0.437 e. The minimum atomic E-state index is 0.0899. The number of aromatic nitrogens is 2. The Morgan fingerprint density at radius 2 is 1.64 bits per heavy atom. The van der Waals surface area contributed by atoms with Gasteiger partial charge in [-0.25, -0.2) is 9.55 Å². The molecule has 3 heteroatoms. The van der Waals surface area contributed by atoms with Gasteiger partial charge in [-0.2, -0.15) is 0 Å². The Hall–Kier alpha value is -3.20. The Balaban J connectivity index is 1.44. The van der Waals surface area contributed by atoms with E-state index in [9.17, 15) is 0 Å². The fourth-order valence-electron chi connectivity index (χ4n) is 7.61. The van der Waals surface area contributed by atoms with Crippen LogP contribution >= 0.6 is 0 Å². The molecule has 2 aromatic carbocycles. The fourth-order valence-corrected chi connectivity index (χ4v) is 7.61. The average molecular weight is 518 g/mol. The zero-order chi connectivity index (χ0) is 27.1. The van der Waals surface area contributed by atoms with E-state index < -0.39 is 0 Å². The van der Waals surface area contributed by atoms with Crippen LogP contribution < -0.4 is 4.57 Å². The molecule has 0 atom stereocenters. The van der Waals surface area contributed by atoms with Crippen LogP contribution in [0.15, 0.2) is 53.1 Å². The molecule has 5 aromatic rings. The number of pyridine rings is 2. The Morgan fingerprint density at radius 1 is 0.872 bits per heavy atom. The van der Waals surface area contributed by atoms with Crippen molar-refractivity contribution in [2.24, 2.45) is 7.05 Å². The molecule has 2 aliphatic carbocycles. The van der Waals surface area contributed by atoms with Gasteiger partial charge in [0.05, 0.1) is 11.1 Å². The summed E-state index contributed by atoms with van der Waals surface area (Å²) in [5, 5.41) is 3.46. The van der Waals surface area contributed by atoms with E-state index in [0.717, 1.165) is 27.6 Å². The summed E-state index contributed by atoms with van der Waals surface area (Å²) in [4.78, 5) is 5.28. The number of benzene rings is 2. The highest BCUT2D eigenvalue weighted by atomic mass is 16.3. The van der Waals surface area contributed by atoms with Crippen LogP contribution in [0.5, 0.6) is 0 Å². The maximum Gasteiger partial charge on any atom is 0.227 e. The molecule has 3 nitrogen and oxygen atoms in total. The number of aryl methyl sites for hydroxylation is 2. The maximum absolute atomic E-state index is 6.72. The molecule has 0 aliphatic heterocycles. The summed E-state index contributed by atoms with van der Waals surface area (Å²) < 4.78 is 9.02. The molecule has 0 saturated heterocycles. The van der Waals surface area contributed by atoms with E-state index in [4.69, 9.17) is 9.40 Å². The van der Waals surface area contributed by atoms with Crippen LogP contribution in [-0.2, 0) is 17.9 Å². The van der Waals surface area contributed by atoms with Crippen molar-refractivity contribution in [2.45, 2.75) is 96.3 Å². The zero-order valence-electron chi connectivity index (χ0n) is 24.4. The average Bonchev–Trinajstić information content (AvgIpc) is 3.27. The first-order valence-corrected chi connectivity index (χ1v) is 14.9. The summed E-state index contributed by atoms with van der Waals surface area (Å²) in [6.45, 7) is 11.7. The van der Waals surface area contributed by atoms with Gasteiger partial charge in [-0.05, 0) is 78.2 Å². The lowest BCUT2D eigenvalue weighted by Crippen LogP contribution is -2.34. The molecule has 39 heavy (non-hydrogen) atoms. The zero-order valence-corrected chi connectivity index (χ0v) is 24.4. The molecule has 200 valence electrons. The SMILES string of the molecule is Cc1ccc2c(oc3nc4c5c(ccc4cc32)C(C)(C)CCC5(C)C)c1-c1ccc(C2CCCCC2)c[n+]1C. The Kier molecular flexibility index (Phi) is 5.50. The second-order valence-corrected chi connectivity index (χ2v) is 13.7. The number of rotatable bonds is 2. The lowest BCUT2D eigenvalue weighted by Gasteiger charge is -2.42. The molecule has 2 aliphatic rings. The Morgan fingerprint density at radius 3 is 2.41 bits per heavy atom. The van der Waals surface area contributed by atoms with Crippen LogP contribution in [0, 0.1) is 6.92 Å². The third kappa shape index (κ3) is 3.84. The monoisotopic (exact) mass is 517 g/mol. The van der Waals surface area contributed by atoms with Gasteiger partial charge in [0, 0.05) is 27.8 Å². The smallest absolute Gasteiger partial charge is 0.227 e. The number of fused-ring (bicyclic) bond motifs is 6. The second-order valence-electron chi connectivity index (χ2n) is 13.7. The highest BCUT2D eigenvalue weighted by molar-refractivity contribution is 6.11. The van der Waals surface area contributed by atoms with Gasteiger partial charge in [0.25, 0.3) is 0 Å². The molecule has 0 unspecified atom stereocenters. The van der Waals surface area contributed by atoms with Gasteiger partial charge >= 0.3 is 0 Å². The van der Waals surface area contributed by atoms with E-state index in [-0.39, 0.29) is 10.8 Å². The first-order chi connectivity index (χ1) is 18.6. The van der Waals surface area contributed by atoms with Crippen molar-refractivity contribution in [3.05, 3.63) is 70.9 Å². The van der Waals surface area contributed by atoms with E-state index in [2.05, 4.69) is 94.9 Å². The van der Waals surface area contributed by atoms with Crippen molar-refractivity contribution in [2.75, 3.05) is 0 Å². The van der Waals surface area contributed by atoms with Gasteiger partial charge in [0.2, 0.25) is 11.4 Å². The lowest BCUT2D eigenvalue weighted by molar-refractivity contribution is -0.660. The van der Waals surface area contributed by atoms with E-state index >= 15 is 0 Å². The first-order valence-electron chi connectivity index (χ1n) is 14.9. The third-order valence-electron chi connectivity index (χ3n) is 10.1. The van der Waals surface area contributed by atoms with Crippen molar-refractivity contribution in [1.29, 1.82) is 0 Å². The Labute approximate surface area is 232 Å². The fraction of sp³-hybridized carbons (Fsp3) is 0.444. The number of furan rings is 1. The summed E-state index contributed by atoms with van der Waals surface area (Å²) in [6.07, 6.45) is 11.4. The minimum absolute atomic E-state index is 0.0899. The highest BCUT2D eigenvalue weighted by Crippen LogP contribution is 2.49. The van der Waals surface area contributed by atoms with Crippen molar-refractivity contribution < 1.29 is 8.98 Å². The molecule has 3 aromatic heterocycles. The van der Waals surface area contributed by atoms with Crippen LogP contribution in [0.4, 0.5) is 0 Å². The van der Waals surface area contributed by atoms with Gasteiger partial charge in [-0.3, -0.25) is 0 Å². The Bertz CT molecular complexity index is 1760.